The molecule has 5 atom stereocenters. The van der Waals surface area contributed by atoms with E-state index in [4.69, 9.17) is 16.7 Å². The standard InChI is InChI=1S/C27H32BrClFN3O4.2H2S/c1-26(2,3)12-21-27(17-10-19(30)18(29)11-20(17)32-25(27)37)22(14-5-4-6-15(28)9-14)23(33-21)24(36)31-8-7-16(35)13-34;;/h4-6,9-11,16,21-23,33-35H,7-8,12-13H2,1-3H3,(H,31,36)(H,32,37);2*1H2/t16-,21+,22-,23+,27-;;/m0../s1. The summed E-state index contributed by atoms with van der Waals surface area (Å²) in [4.78, 5) is 27.7. The number of carbonyl (C=O) groups excluding carboxylic acids is 2. The van der Waals surface area contributed by atoms with Crippen molar-refractivity contribution < 1.29 is 24.2 Å². The molecule has 39 heavy (non-hydrogen) atoms. The number of benzene rings is 2. The van der Waals surface area contributed by atoms with Crippen molar-refractivity contribution in [3.63, 3.8) is 0 Å². The van der Waals surface area contributed by atoms with Crippen LogP contribution < -0.4 is 16.0 Å². The van der Waals surface area contributed by atoms with Crippen molar-refractivity contribution in [2.24, 2.45) is 5.41 Å². The van der Waals surface area contributed by atoms with Crippen LogP contribution in [-0.4, -0.2) is 53.4 Å². The molecule has 2 aromatic rings. The van der Waals surface area contributed by atoms with Crippen LogP contribution in [0.25, 0.3) is 0 Å². The fraction of sp³-hybridized carbons (Fsp3) is 0.481. The van der Waals surface area contributed by atoms with Gasteiger partial charge in [0.1, 0.15) is 11.2 Å². The van der Waals surface area contributed by atoms with Crippen molar-refractivity contribution in [1.29, 1.82) is 0 Å². The highest BCUT2D eigenvalue weighted by atomic mass is 79.9. The summed E-state index contributed by atoms with van der Waals surface area (Å²) in [6, 6.07) is 8.85. The Hall–Kier alpha value is -1.34. The van der Waals surface area contributed by atoms with Crippen LogP contribution in [0.4, 0.5) is 10.1 Å². The first-order valence-electron chi connectivity index (χ1n) is 12.3. The number of fused-ring (bicyclic) bond motifs is 2. The minimum absolute atomic E-state index is 0. The molecule has 1 spiro atoms. The van der Waals surface area contributed by atoms with Crippen molar-refractivity contribution in [2.75, 3.05) is 18.5 Å². The lowest BCUT2D eigenvalue weighted by molar-refractivity contribution is -0.124. The summed E-state index contributed by atoms with van der Waals surface area (Å²) in [5, 5.41) is 27.9. The second-order valence-corrected chi connectivity index (χ2v) is 12.4. The smallest absolute Gasteiger partial charge is 0.237 e. The number of amides is 2. The van der Waals surface area contributed by atoms with Crippen LogP contribution in [0, 0.1) is 11.2 Å². The molecule has 7 nitrogen and oxygen atoms in total. The van der Waals surface area contributed by atoms with E-state index < -0.39 is 41.9 Å². The first-order valence-corrected chi connectivity index (χ1v) is 13.4. The van der Waals surface area contributed by atoms with Crippen molar-refractivity contribution in [1.82, 2.24) is 10.6 Å². The summed E-state index contributed by atoms with van der Waals surface area (Å²) in [6.07, 6.45) is -0.236. The van der Waals surface area contributed by atoms with Gasteiger partial charge in [-0.3, -0.25) is 9.59 Å². The van der Waals surface area contributed by atoms with Crippen LogP contribution in [0.2, 0.25) is 5.02 Å². The molecule has 5 N–H and O–H groups in total. The van der Waals surface area contributed by atoms with E-state index in [1.807, 2.05) is 24.3 Å². The zero-order chi connectivity index (χ0) is 27.1. The molecule has 4 rings (SSSR count). The summed E-state index contributed by atoms with van der Waals surface area (Å²) < 4.78 is 15.7. The molecule has 2 amide bonds. The summed E-state index contributed by atoms with van der Waals surface area (Å²) >= 11 is 9.59. The summed E-state index contributed by atoms with van der Waals surface area (Å²) in [6.45, 7) is 5.90. The summed E-state index contributed by atoms with van der Waals surface area (Å²) in [5.41, 5.74) is 0.131. The Morgan fingerprint density at radius 2 is 1.95 bits per heavy atom. The Morgan fingerprint density at radius 1 is 1.26 bits per heavy atom. The molecule has 0 aromatic heterocycles. The third kappa shape index (κ3) is 6.60. The number of hydrogen-bond donors (Lipinski definition) is 5. The highest BCUT2D eigenvalue weighted by Crippen LogP contribution is 2.57. The zero-order valence-corrected chi connectivity index (χ0v) is 26.3. The lowest BCUT2D eigenvalue weighted by Crippen LogP contribution is -2.49. The molecule has 216 valence electrons. The molecular formula is C27H36BrClFN3O4S2. The molecule has 0 unspecified atom stereocenters. The monoisotopic (exact) mass is 663 g/mol. The van der Waals surface area contributed by atoms with Gasteiger partial charge in [0, 0.05) is 28.7 Å². The Bertz CT molecular complexity index is 1220. The SMILES string of the molecule is CC(C)(C)C[C@H]1N[C@@H](C(=O)NCC[C@H](O)CO)[C@H](c2cccc(Br)c2)[C@@]12C(=O)Nc1cc(Cl)c(F)cc12.S.S. The quantitative estimate of drug-likeness (QED) is 0.307. The average Bonchev–Trinajstić information content (AvgIpc) is 3.28. The average molecular weight is 665 g/mol. The molecule has 1 saturated heterocycles. The number of nitrogens with one attached hydrogen (secondary N) is 3. The maximum absolute atomic E-state index is 14.9. The number of carbonyl (C=O) groups is 2. The Morgan fingerprint density at radius 3 is 2.56 bits per heavy atom. The van der Waals surface area contributed by atoms with E-state index in [-0.39, 0.29) is 62.2 Å². The minimum Gasteiger partial charge on any atom is -0.394 e. The van der Waals surface area contributed by atoms with Gasteiger partial charge >= 0.3 is 0 Å². The number of halogens is 3. The van der Waals surface area contributed by atoms with Gasteiger partial charge in [-0.25, -0.2) is 4.39 Å². The van der Waals surface area contributed by atoms with Crippen LogP contribution in [0.3, 0.4) is 0 Å². The van der Waals surface area contributed by atoms with E-state index >= 15 is 0 Å². The van der Waals surface area contributed by atoms with Crippen molar-refractivity contribution in [2.45, 2.75) is 63.1 Å². The first kappa shape index (κ1) is 33.9. The van der Waals surface area contributed by atoms with Crippen LogP contribution in [0.15, 0.2) is 40.9 Å². The number of hydrogen-bond acceptors (Lipinski definition) is 5. The fourth-order valence-corrected chi connectivity index (χ4v) is 6.28. The van der Waals surface area contributed by atoms with Gasteiger partial charge in [-0.2, -0.15) is 27.0 Å². The van der Waals surface area contributed by atoms with Crippen molar-refractivity contribution in [3.05, 3.63) is 62.8 Å². The molecule has 12 heteroatoms. The van der Waals surface area contributed by atoms with E-state index in [1.54, 1.807) is 0 Å². The van der Waals surface area contributed by atoms with Crippen molar-refractivity contribution in [3.8, 4) is 0 Å². The van der Waals surface area contributed by atoms with Gasteiger partial charge < -0.3 is 26.2 Å². The maximum Gasteiger partial charge on any atom is 0.237 e. The predicted molar refractivity (Wildman–Crippen MR) is 165 cm³/mol. The van der Waals surface area contributed by atoms with E-state index in [2.05, 4.69) is 52.7 Å². The zero-order valence-electron chi connectivity index (χ0n) is 21.9. The van der Waals surface area contributed by atoms with Gasteiger partial charge in [0.25, 0.3) is 0 Å². The molecular weight excluding hydrogens is 629 g/mol. The third-order valence-electron chi connectivity index (χ3n) is 7.18. The van der Waals surface area contributed by atoms with E-state index in [9.17, 15) is 19.1 Å². The molecule has 0 aliphatic carbocycles. The van der Waals surface area contributed by atoms with Crippen LogP contribution in [0.1, 0.15) is 50.7 Å². The van der Waals surface area contributed by atoms with Gasteiger partial charge in [0.05, 0.1) is 23.8 Å². The second-order valence-electron chi connectivity index (χ2n) is 11.0. The lowest BCUT2D eigenvalue weighted by atomic mass is 9.62. The highest BCUT2D eigenvalue weighted by molar-refractivity contribution is 9.10. The lowest BCUT2D eigenvalue weighted by Gasteiger charge is -2.37. The van der Waals surface area contributed by atoms with Crippen molar-refractivity contribution >= 4 is 72.0 Å². The highest BCUT2D eigenvalue weighted by Gasteiger charge is 2.65. The number of anilines is 1. The molecule has 2 aliphatic heterocycles. The topological polar surface area (TPSA) is 111 Å². The van der Waals surface area contributed by atoms with Gasteiger partial charge in [-0.15, -0.1) is 0 Å². The van der Waals surface area contributed by atoms with Crippen LogP contribution in [-0.2, 0) is 15.0 Å². The summed E-state index contributed by atoms with van der Waals surface area (Å²) in [5.74, 6) is -1.98. The number of rotatable bonds is 7. The Labute approximate surface area is 255 Å². The van der Waals surface area contributed by atoms with Crippen LogP contribution in [0.5, 0.6) is 0 Å². The second kappa shape index (κ2) is 13.1. The third-order valence-corrected chi connectivity index (χ3v) is 7.96. The van der Waals surface area contributed by atoms with E-state index in [0.29, 0.717) is 17.7 Å². The summed E-state index contributed by atoms with van der Waals surface area (Å²) in [7, 11) is 0. The Balaban J connectivity index is 0.00000267. The van der Waals surface area contributed by atoms with E-state index in [0.717, 1.165) is 10.0 Å². The molecule has 2 aliphatic rings. The molecule has 1 fully saturated rings. The molecule has 0 radical (unpaired) electrons. The molecule has 0 saturated carbocycles. The number of aliphatic hydroxyl groups is 2. The fourth-order valence-electron chi connectivity index (χ4n) is 5.70. The predicted octanol–water partition coefficient (Wildman–Crippen LogP) is 4.08. The normalized spacial score (nSPS) is 24.4. The Kier molecular flexibility index (Phi) is 11.4. The van der Waals surface area contributed by atoms with Gasteiger partial charge in [-0.05, 0) is 53.6 Å². The molecule has 0 bridgehead atoms. The van der Waals surface area contributed by atoms with Gasteiger partial charge in [0.2, 0.25) is 11.8 Å². The van der Waals surface area contributed by atoms with E-state index in [1.165, 1.54) is 12.1 Å². The van der Waals surface area contributed by atoms with Gasteiger partial charge in [-0.1, -0.05) is 60.4 Å². The number of aliphatic hydroxyl groups excluding tert-OH is 2. The molecule has 2 heterocycles. The van der Waals surface area contributed by atoms with Crippen LogP contribution >= 0.6 is 54.5 Å². The first-order chi connectivity index (χ1) is 17.4. The molecule has 2 aromatic carbocycles. The maximum atomic E-state index is 14.9. The van der Waals surface area contributed by atoms with Gasteiger partial charge in [0.15, 0.2) is 0 Å². The minimum atomic E-state index is -1.29. The largest absolute Gasteiger partial charge is 0.394 e.